The van der Waals surface area contributed by atoms with Crippen LogP contribution in [0.3, 0.4) is 0 Å². The number of hydrogen-bond acceptors (Lipinski definition) is 4. The summed E-state index contributed by atoms with van der Waals surface area (Å²) in [6, 6.07) is 3.38. The van der Waals surface area contributed by atoms with Crippen molar-refractivity contribution in [2.45, 2.75) is 32.2 Å². The van der Waals surface area contributed by atoms with E-state index in [9.17, 15) is 9.90 Å². The number of amides is 2. The van der Waals surface area contributed by atoms with Gasteiger partial charge in [-0.2, -0.15) is 0 Å². The summed E-state index contributed by atoms with van der Waals surface area (Å²) < 4.78 is 10.9. The number of ether oxygens (including phenoxy) is 1. The minimum atomic E-state index is -0.299. The van der Waals surface area contributed by atoms with Crippen LogP contribution in [0.1, 0.15) is 37.3 Å². The molecule has 0 saturated carbocycles. The Labute approximate surface area is 131 Å². The van der Waals surface area contributed by atoms with Crippen LogP contribution < -0.4 is 5.32 Å². The monoisotopic (exact) mass is 310 g/mol. The third-order valence-corrected chi connectivity index (χ3v) is 4.07. The standard InChI is InChI=1S/C16H26N2O4/c1-3-13-6-7-15(22-13)14(11-21-2)17-16(20)18-8-4-5-12(9-18)10-19/h6-7,12,14,19H,3-5,8-11H2,1-2H3,(H,17,20)/t12-,14-/m1/s1. The lowest BCUT2D eigenvalue weighted by Gasteiger charge is -2.32. The Morgan fingerprint density at radius 1 is 1.59 bits per heavy atom. The van der Waals surface area contributed by atoms with E-state index in [-0.39, 0.29) is 24.6 Å². The highest BCUT2D eigenvalue weighted by Gasteiger charge is 2.26. The number of carbonyl (C=O) groups excluding carboxylic acids is 1. The minimum Gasteiger partial charge on any atom is -0.464 e. The first-order valence-corrected chi connectivity index (χ1v) is 7.91. The number of aliphatic hydroxyl groups excluding tert-OH is 1. The smallest absolute Gasteiger partial charge is 0.318 e. The zero-order valence-corrected chi connectivity index (χ0v) is 13.4. The second-order valence-electron chi connectivity index (χ2n) is 5.75. The van der Waals surface area contributed by atoms with Crippen molar-refractivity contribution in [1.29, 1.82) is 0 Å². The van der Waals surface area contributed by atoms with Crippen molar-refractivity contribution < 1.29 is 19.1 Å². The van der Waals surface area contributed by atoms with Crippen LogP contribution in [-0.2, 0) is 11.2 Å². The van der Waals surface area contributed by atoms with Gasteiger partial charge in [-0.3, -0.25) is 0 Å². The number of aryl methyl sites for hydroxylation is 1. The summed E-state index contributed by atoms with van der Waals surface area (Å²) in [5.74, 6) is 1.78. The highest BCUT2D eigenvalue weighted by Crippen LogP contribution is 2.20. The van der Waals surface area contributed by atoms with E-state index in [4.69, 9.17) is 9.15 Å². The molecule has 0 unspecified atom stereocenters. The van der Waals surface area contributed by atoms with Crippen molar-refractivity contribution in [2.24, 2.45) is 5.92 Å². The molecule has 1 aliphatic heterocycles. The topological polar surface area (TPSA) is 74.9 Å². The van der Waals surface area contributed by atoms with Gasteiger partial charge in [0.25, 0.3) is 0 Å². The van der Waals surface area contributed by atoms with Crippen molar-refractivity contribution in [3.63, 3.8) is 0 Å². The molecule has 1 aromatic heterocycles. The number of piperidine rings is 1. The van der Waals surface area contributed by atoms with E-state index in [1.807, 2.05) is 19.1 Å². The van der Waals surface area contributed by atoms with Gasteiger partial charge in [-0.05, 0) is 30.9 Å². The molecule has 2 atom stereocenters. The molecule has 2 heterocycles. The van der Waals surface area contributed by atoms with Crippen LogP contribution in [0.2, 0.25) is 0 Å². The number of nitrogens with one attached hydrogen (secondary N) is 1. The molecule has 2 rings (SSSR count). The molecule has 124 valence electrons. The van der Waals surface area contributed by atoms with Crippen LogP contribution in [0.15, 0.2) is 16.5 Å². The Morgan fingerprint density at radius 2 is 2.41 bits per heavy atom. The average molecular weight is 310 g/mol. The Kier molecular flexibility index (Phi) is 6.27. The zero-order chi connectivity index (χ0) is 15.9. The van der Waals surface area contributed by atoms with Crippen molar-refractivity contribution in [1.82, 2.24) is 10.2 Å². The fourth-order valence-electron chi connectivity index (χ4n) is 2.77. The molecule has 0 aromatic carbocycles. The van der Waals surface area contributed by atoms with Crippen molar-refractivity contribution >= 4 is 6.03 Å². The number of methoxy groups -OCH3 is 1. The van der Waals surface area contributed by atoms with Gasteiger partial charge in [0, 0.05) is 33.2 Å². The van der Waals surface area contributed by atoms with Gasteiger partial charge in [0.15, 0.2) is 0 Å². The molecule has 6 nitrogen and oxygen atoms in total. The van der Waals surface area contributed by atoms with Crippen LogP contribution >= 0.6 is 0 Å². The molecule has 6 heteroatoms. The number of rotatable bonds is 6. The Morgan fingerprint density at radius 3 is 3.05 bits per heavy atom. The van der Waals surface area contributed by atoms with Gasteiger partial charge < -0.3 is 24.5 Å². The quantitative estimate of drug-likeness (QED) is 0.842. The predicted octanol–water partition coefficient (Wildman–Crippen LogP) is 1.94. The molecular formula is C16H26N2O4. The van der Waals surface area contributed by atoms with Crippen molar-refractivity contribution in [3.05, 3.63) is 23.7 Å². The molecule has 2 N–H and O–H groups in total. The van der Waals surface area contributed by atoms with E-state index in [1.54, 1.807) is 12.0 Å². The molecule has 1 aromatic rings. The van der Waals surface area contributed by atoms with E-state index in [0.29, 0.717) is 18.9 Å². The molecule has 1 saturated heterocycles. The highest BCUT2D eigenvalue weighted by molar-refractivity contribution is 5.74. The van der Waals surface area contributed by atoms with Gasteiger partial charge in [-0.25, -0.2) is 4.79 Å². The third kappa shape index (κ3) is 4.24. The van der Waals surface area contributed by atoms with Crippen LogP contribution in [0.25, 0.3) is 0 Å². The molecule has 22 heavy (non-hydrogen) atoms. The van der Waals surface area contributed by atoms with E-state index < -0.39 is 0 Å². The number of hydrogen-bond donors (Lipinski definition) is 2. The summed E-state index contributed by atoms with van der Waals surface area (Å²) in [5, 5.41) is 12.2. The van der Waals surface area contributed by atoms with E-state index in [1.165, 1.54) is 0 Å². The van der Waals surface area contributed by atoms with E-state index in [2.05, 4.69) is 5.32 Å². The molecule has 2 amide bonds. The molecule has 0 aliphatic carbocycles. The molecule has 1 aliphatic rings. The lowest BCUT2D eigenvalue weighted by molar-refractivity contribution is 0.118. The highest BCUT2D eigenvalue weighted by atomic mass is 16.5. The van der Waals surface area contributed by atoms with Gasteiger partial charge in [-0.1, -0.05) is 6.92 Å². The number of likely N-dealkylation sites (tertiary alicyclic amines) is 1. The summed E-state index contributed by atoms with van der Waals surface area (Å²) in [4.78, 5) is 14.2. The van der Waals surface area contributed by atoms with E-state index in [0.717, 1.165) is 31.6 Å². The lowest BCUT2D eigenvalue weighted by Crippen LogP contribution is -2.47. The van der Waals surface area contributed by atoms with Crippen LogP contribution in [0, 0.1) is 5.92 Å². The average Bonchev–Trinajstić information content (AvgIpc) is 3.03. The summed E-state index contributed by atoms with van der Waals surface area (Å²) >= 11 is 0. The lowest BCUT2D eigenvalue weighted by atomic mass is 9.99. The first-order chi connectivity index (χ1) is 10.7. The van der Waals surface area contributed by atoms with E-state index >= 15 is 0 Å². The van der Waals surface area contributed by atoms with Gasteiger partial charge in [-0.15, -0.1) is 0 Å². The maximum atomic E-state index is 12.4. The van der Waals surface area contributed by atoms with Crippen LogP contribution in [0.5, 0.6) is 0 Å². The Balaban J connectivity index is 1.99. The number of aliphatic hydroxyl groups is 1. The van der Waals surface area contributed by atoms with Crippen molar-refractivity contribution in [2.75, 3.05) is 33.4 Å². The Hall–Kier alpha value is -1.53. The third-order valence-electron chi connectivity index (χ3n) is 4.07. The first-order valence-electron chi connectivity index (χ1n) is 7.91. The number of urea groups is 1. The maximum absolute atomic E-state index is 12.4. The van der Waals surface area contributed by atoms with Crippen LogP contribution in [0.4, 0.5) is 4.79 Å². The molecule has 1 fully saturated rings. The van der Waals surface area contributed by atoms with Gasteiger partial charge in [0.1, 0.15) is 17.6 Å². The molecule has 0 radical (unpaired) electrons. The molecular weight excluding hydrogens is 284 g/mol. The normalized spacial score (nSPS) is 20.0. The zero-order valence-electron chi connectivity index (χ0n) is 13.4. The summed E-state index contributed by atoms with van der Waals surface area (Å²) in [7, 11) is 1.60. The first kappa shape index (κ1) is 16.8. The van der Waals surface area contributed by atoms with Gasteiger partial charge in [0.05, 0.1) is 6.61 Å². The fraction of sp³-hybridized carbons (Fsp3) is 0.688. The number of carbonyl (C=O) groups is 1. The summed E-state index contributed by atoms with van der Waals surface area (Å²) in [6.45, 7) is 3.83. The predicted molar refractivity (Wildman–Crippen MR) is 82.6 cm³/mol. The summed E-state index contributed by atoms with van der Waals surface area (Å²) in [5.41, 5.74) is 0. The molecule has 0 bridgehead atoms. The summed E-state index contributed by atoms with van der Waals surface area (Å²) in [6.07, 6.45) is 2.71. The molecule has 0 spiro atoms. The van der Waals surface area contributed by atoms with Gasteiger partial charge >= 0.3 is 6.03 Å². The Bertz CT molecular complexity index is 474. The maximum Gasteiger partial charge on any atom is 0.318 e. The van der Waals surface area contributed by atoms with Crippen molar-refractivity contribution in [3.8, 4) is 0 Å². The fourth-order valence-corrected chi connectivity index (χ4v) is 2.77. The second kappa shape index (κ2) is 8.19. The number of furan rings is 1. The minimum absolute atomic E-state index is 0.128. The second-order valence-corrected chi connectivity index (χ2v) is 5.75. The SMILES string of the molecule is CCc1ccc([C@@H](COC)NC(=O)N2CCC[C@@H](CO)C2)o1. The van der Waals surface area contributed by atoms with Gasteiger partial charge in [0.2, 0.25) is 0 Å². The number of nitrogens with zero attached hydrogens (tertiary/aromatic N) is 1. The largest absolute Gasteiger partial charge is 0.464 e. The van der Waals surface area contributed by atoms with Crippen LogP contribution in [-0.4, -0.2) is 49.5 Å².